The molecule has 2 heterocycles. The summed E-state index contributed by atoms with van der Waals surface area (Å²) >= 11 is 0. The summed E-state index contributed by atoms with van der Waals surface area (Å²) < 4.78 is 5.05. The van der Waals surface area contributed by atoms with Crippen molar-refractivity contribution in [1.82, 2.24) is 9.88 Å². The van der Waals surface area contributed by atoms with Gasteiger partial charge in [0.15, 0.2) is 5.82 Å². The Morgan fingerprint density at radius 2 is 1.93 bits per heavy atom. The molecule has 0 unspecified atom stereocenters. The maximum atomic E-state index is 12.4. The smallest absolute Gasteiger partial charge is 0.225 e. The van der Waals surface area contributed by atoms with Gasteiger partial charge in [0.2, 0.25) is 5.91 Å². The standard InChI is InChI=1S/C23H31N5O2/c1-15-14-27(10-11-28(15)21(29)9-12-30-2)23-20(25)13-19(22(26-23)17-3-4-17)16-5-7-18(24)8-6-16/h5-8,13,15,17H,3-4,9-12,14,24-25H2,1-2H3/t15-/m1/s1. The highest BCUT2D eigenvalue weighted by Gasteiger charge is 2.32. The molecule has 0 bridgehead atoms. The number of aromatic nitrogens is 1. The van der Waals surface area contributed by atoms with Crippen LogP contribution in [0.2, 0.25) is 0 Å². The number of nitrogens with two attached hydrogens (primary N) is 2. The second-order valence-electron chi connectivity index (χ2n) is 8.36. The van der Waals surface area contributed by atoms with Crippen LogP contribution >= 0.6 is 0 Å². The third-order valence-electron chi connectivity index (χ3n) is 6.01. The summed E-state index contributed by atoms with van der Waals surface area (Å²) in [6, 6.07) is 10.1. The Hall–Kier alpha value is -2.80. The molecule has 30 heavy (non-hydrogen) atoms. The first-order valence-corrected chi connectivity index (χ1v) is 10.7. The number of pyridine rings is 1. The highest BCUT2D eigenvalue weighted by Crippen LogP contribution is 2.45. The van der Waals surface area contributed by atoms with E-state index in [2.05, 4.69) is 17.9 Å². The van der Waals surface area contributed by atoms with Gasteiger partial charge < -0.3 is 26.0 Å². The molecule has 2 aliphatic rings. The first-order valence-electron chi connectivity index (χ1n) is 10.7. The zero-order valence-electron chi connectivity index (χ0n) is 17.8. The number of methoxy groups -OCH3 is 1. The van der Waals surface area contributed by atoms with Gasteiger partial charge in [-0.05, 0) is 43.5 Å². The van der Waals surface area contributed by atoms with E-state index in [1.165, 1.54) is 0 Å². The van der Waals surface area contributed by atoms with Crippen LogP contribution in [-0.4, -0.2) is 55.2 Å². The highest BCUT2D eigenvalue weighted by molar-refractivity contribution is 5.79. The summed E-state index contributed by atoms with van der Waals surface area (Å²) in [4.78, 5) is 21.7. The van der Waals surface area contributed by atoms with Gasteiger partial charge in [-0.2, -0.15) is 0 Å². The Bertz CT molecular complexity index is 911. The molecule has 2 fully saturated rings. The summed E-state index contributed by atoms with van der Waals surface area (Å²) in [6.45, 7) is 4.66. The van der Waals surface area contributed by atoms with Crippen molar-refractivity contribution in [2.24, 2.45) is 0 Å². The monoisotopic (exact) mass is 409 g/mol. The van der Waals surface area contributed by atoms with E-state index in [4.69, 9.17) is 21.2 Å². The van der Waals surface area contributed by atoms with Crippen LogP contribution in [-0.2, 0) is 9.53 Å². The second-order valence-corrected chi connectivity index (χ2v) is 8.36. The van der Waals surface area contributed by atoms with Gasteiger partial charge in [0.25, 0.3) is 0 Å². The van der Waals surface area contributed by atoms with Crippen LogP contribution in [0.25, 0.3) is 11.1 Å². The average molecular weight is 410 g/mol. The Morgan fingerprint density at radius 1 is 1.20 bits per heavy atom. The fraction of sp³-hybridized carbons (Fsp3) is 0.478. The molecule has 2 aromatic rings. The number of piperazine rings is 1. The van der Waals surface area contributed by atoms with E-state index in [0.29, 0.717) is 31.2 Å². The van der Waals surface area contributed by atoms with Gasteiger partial charge in [-0.15, -0.1) is 0 Å². The molecule has 1 aromatic carbocycles. The maximum absolute atomic E-state index is 12.4. The normalized spacial score (nSPS) is 19.2. The van der Waals surface area contributed by atoms with Gasteiger partial charge in [-0.3, -0.25) is 4.79 Å². The van der Waals surface area contributed by atoms with Crippen LogP contribution in [0, 0.1) is 0 Å². The molecule has 1 amide bonds. The first-order chi connectivity index (χ1) is 14.5. The lowest BCUT2D eigenvalue weighted by atomic mass is 10.00. The SMILES string of the molecule is COCCC(=O)N1CCN(c2nc(C3CC3)c(-c3ccc(N)cc3)cc2N)C[C@H]1C. The number of amides is 1. The molecular weight excluding hydrogens is 378 g/mol. The van der Waals surface area contributed by atoms with Crippen molar-refractivity contribution in [2.75, 3.05) is 49.7 Å². The summed E-state index contributed by atoms with van der Waals surface area (Å²) in [5.41, 5.74) is 17.1. The minimum atomic E-state index is 0.102. The van der Waals surface area contributed by atoms with Crippen LogP contribution in [0.15, 0.2) is 30.3 Å². The van der Waals surface area contributed by atoms with Crippen LogP contribution < -0.4 is 16.4 Å². The van der Waals surface area contributed by atoms with Crippen LogP contribution in [0.5, 0.6) is 0 Å². The average Bonchev–Trinajstić information content (AvgIpc) is 3.57. The van der Waals surface area contributed by atoms with E-state index < -0.39 is 0 Å². The Morgan fingerprint density at radius 3 is 2.57 bits per heavy atom. The van der Waals surface area contributed by atoms with Crippen LogP contribution in [0.1, 0.15) is 37.8 Å². The molecule has 4 rings (SSSR count). The van der Waals surface area contributed by atoms with Crippen molar-refractivity contribution in [2.45, 2.75) is 38.1 Å². The summed E-state index contributed by atoms with van der Waals surface area (Å²) in [7, 11) is 1.62. The first kappa shape index (κ1) is 20.5. The summed E-state index contributed by atoms with van der Waals surface area (Å²) in [5.74, 6) is 1.47. The number of ether oxygens (including phenoxy) is 1. The molecule has 160 valence electrons. The predicted octanol–water partition coefficient (Wildman–Crippen LogP) is 2.86. The fourth-order valence-corrected chi connectivity index (χ4v) is 4.20. The van der Waals surface area contributed by atoms with E-state index in [-0.39, 0.29) is 11.9 Å². The van der Waals surface area contributed by atoms with Crippen molar-refractivity contribution in [3.8, 4) is 11.1 Å². The molecule has 1 aliphatic carbocycles. The summed E-state index contributed by atoms with van der Waals surface area (Å²) in [5, 5.41) is 0. The van der Waals surface area contributed by atoms with E-state index >= 15 is 0 Å². The fourth-order valence-electron chi connectivity index (χ4n) is 4.20. The number of hydrogen-bond donors (Lipinski definition) is 2. The lowest BCUT2D eigenvalue weighted by molar-refractivity contribution is -0.134. The zero-order valence-corrected chi connectivity index (χ0v) is 17.8. The molecule has 1 saturated carbocycles. The lowest BCUT2D eigenvalue weighted by Gasteiger charge is -2.41. The van der Waals surface area contributed by atoms with Gasteiger partial charge in [-0.25, -0.2) is 4.98 Å². The number of nitrogen functional groups attached to an aromatic ring is 2. The number of anilines is 3. The minimum Gasteiger partial charge on any atom is -0.399 e. The Labute approximate surface area is 178 Å². The second kappa shape index (κ2) is 8.52. The third-order valence-corrected chi connectivity index (χ3v) is 6.01. The Kier molecular flexibility index (Phi) is 5.81. The third kappa shape index (κ3) is 4.21. The van der Waals surface area contributed by atoms with Gasteiger partial charge in [0.1, 0.15) is 0 Å². The predicted molar refractivity (Wildman–Crippen MR) is 120 cm³/mol. The maximum Gasteiger partial charge on any atom is 0.225 e. The number of nitrogens with zero attached hydrogens (tertiary/aromatic N) is 3. The quantitative estimate of drug-likeness (QED) is 0.712. The van der Waals surface area contributed by atoms with E-state index in [1.54, 1.807) is 7.11 Å². The van der Waals surface area contributed by atoms with E-state index in [1.807, 2.05) is 29.2 Å². The minimum absolute atomic E-state index is 0.102. The molecule has 1 atom stereocenters. The Balaban J connectivity index is 1.57. The largest absolute Gasteiger partial charge is 0.399 e. The number of hydrogen-bond acceptors (Lipinski definition) is 6. The van der Waals surface area contributed by atoms with E-state index in [9.17, 15) is 4.79 Å². The van der Waals surface area contributed by atoms with Gasteiger partial charge >= 0.3 is 0 Å². The van der Waals surface area contributed by atoms with Gasteiger partial charge in [0, 0.05) is 50.0 Å². The molecule has 7 heteroatoms. The number of carbonyl (C=O) groups is 1. The number of rotatable bonds is 6. The van der Waals surface area contributed by atoms with E-state index in [0.717, 1.165) is 54.3 Å². The number of benzene rings is 1. The zero-order chi connectivity index (χ0) is 21.3. The van der Waals surface area contributed by atoms with Crippen molar-refractivity contribution < 1.29 is 9.53 Å². The molecule has 7 nitrogen and oxygen atoms in total. The van der Waals surface area contributed by atoms with Crippen LogP contribution in [0.4, 0.5) is 17.2 Å². The van der Waals surface area contributed by atoms with Crippen molar-refractivity contribution in [3.05, 3.63) is 36.0 Å². The van der Waals surface area contributed by atoms with Crippen molar-refractivity contribution >= 4 is 23.1 Å². The topological polar surface area (TPSA) is 97.7 Å². The summed E-state index contributed by atoms with van der Waals surface area (Å²) in [6.07, 6.45) is 2.75. The van der Waals surface area contributed by atoms with Crippen molar-refractivity contribution in [1.29, 1.82) is 0 Å². The van der Waals surface area contributed by atoms with Gasteiger partial charge in [-0.1, -0.05) is 12.1 Å². The van der Waals surface area contributed by atoms with Gasteiger partial charge in [0.05, 0.1) is 24.4 Å². The molecule has 1 aromatic heterocycles. The van der Waals surface area contributed by atoms with Crippen molar-refractivity contribution in [3.63, 3.8) is 0 Å². The lowest BCUT2D eigenvalue weighted by Crippen LogP contribution is -2.54. The number of carbonyl (C=O) groups excluding carboxylic acids is 1. The van der Waals surface area contributed by atoms with Crippen LogP contribution in [0.3, 0.4) is 0 Å². The molecule has 0 radical (unpaired) electrons. The molecule has 0 spiro atoms. The highest BCUT2D eigenvalue weighted by atomic mass is 16.5. The molecule has 1 saturated heterocycles. The molecule has 4 N–H and O–H groups in total. The molecular formula is C23H31N5O2. The molecule has 1 aliphatic heterocycles.